The van der Waals surface area contributed by atoms with E-state index in [-0.39, 0.29) is 35.3 Å². The second-order valence-electron chi connectivity index (χ2n) is 7.53. The summed E-state index contributed by atoms with van der Waals surface area (Å²) in [6.07, 6.45) is -10.4. The van der Waals surface area contributed by atoms with E-state index in [1.54, 1.807) is 30.3 Å². The zero-order valence-corrected chi connectivity index (χ0v) is 19.4. The van der Waals surface area contributed by atoms with Gasteiger partial charge in [0.1, 0.15) is 5.75 Å². The van der Waals surface area contributed by atoms with Gasteiger partial charge in [-0.25, -0.2) is 8.42 Å². The number of ether oxygens (including phenoxy) is 1. The van der Waals surface area contributed by atoms with E-state index in [0.29, 0.717) is 11.1 Å². The number of alkyl halides is 6. The Bertz CT molecular complexity index is 1360. The Morgan fingerprint density at radius 3 is 1.89 bits per heavy atom. The molecule has 192 valence electrons. The fourth-order valence-electron chi connectivity index (χ4n) is 3.14. The average molecular weight is 532 g/mol. The number of amides is 1. The number of benzene rings is 3. The highest BCUT2D eigenvalue weighted by Crippen LogP contribution is 2.38. The quantitative estimate of drug-likeness (QED) is 0.376. The fraction of sp³-hybridized carbons (Fsp3) is 0.174. The van der Waals surface area contributed by atoms with E-state index in [1.165, 1.54) is 19.1 Å². The third-order valence-electron chi connectivity index (χ3n) is 4.95. The highest BCUT2D eigenvalue weighted by Gasteiger charge is 2.38. The Morgan fingerprint density at radius 1 is 0.833 bits per heavy atom. The van der Waals surface area contributed by atoms with Crippen LogP contribution in [0.3, 0.4) is 0 Å². The Hall–Kier alpha value is -3.74. The number of halogens is 6. The van der Waals surface area contributed by atoms with Gasteiger partial charge in [-0.3, -0.25) is 9.52 Å². The van der Waals surface area contributed by atoms with Crippen LogP contribution in [-0.4, -0.2) is 21.4 Å². The first-order chi connectivity index (χ1) is 16.6. The standard InChI is InChI=1S/C23H18F6N2O4S/c1-13-8-19(20(35-2)12-18(13)30-21(32)14-6-4-3-5-7-14)31-36(33,34)17-10-15(22(24,25)26)9-16(11-17)23(27,28)29/h3-12,31H,1-2H3,(H,30,32). The highest BCUT2D eigenvalue weighted by molar-refractivity contribution is 7.92. The van der Waals surface area contributed by atoms with Gasteiger partial charge in [-0.05, 0) is 48.9 Å². The minimum atomic E-state index is -5.22. The van der Waals surface area contributed by atoms with Gasteiger partial charge in [0.2, 0.25) is 0 Å². The van der Waals surface area contributed by atoms with Crippen molar-refractivity contribution in [3.8, 4) is 5.75 Å². The minimum Gasteiger partial charge on any atom is -0.494 e. The lowest BCUT2D eigenvalue weighted by atomic mass is 10.1. The summed E-state index contributed by atoms with van der Waals surface area (Å²) in [6, 6.07) is 10.7. The smallest absolute Gasteiger partial charge is 0.416 e. The van der Waals surface area contributed by atoms with Crippen LogP contribution in [0.15, 0.2) is 65.6 Å². The van der Waals surface area contributed by atoms with E-state index in [4.69, 9.17) is 4.74 Å². The average Bonchev–Trinajstić information content (AvgIpc) is 2.79. The van der Waals surface area contributed by atoms with Crippen LogP contribution < -0.4 is 14.8 Å². The maximum Gasteiger partial charge on any atom is 0.416 e. The number of anilines is 2. The highest BCUT2D eigenvalue weighted by atomic mass is 32.2. The molecule has 0 heterocycles. The number of carbonyl (C=O) groups excluding carboxylic acids is 1. The van der Waals surface area contributed by atoms with Gasteiger partial charge in [0.15, 0.2) is 0 Å². The van der Waals surface area contributed by atoms with Gasteiger partial charge in [0.05, 0.1) is 28.8 Å². The number of hydrogen-bond acceptors (Lipinski definition) is 4. The number of carbonyl (C=O) groups is 1. The monoisotopic (exact) mass is 532 g/mol. The topological polar surface area (TPSA) is 84.5 Å². The van der Waals surface area contributed by atoms with Gasteiger partial charge >= 0.3 is 12.4 Å². The molecule has 3 rings (SSSR count). The number of sulfonamides is 1. The Balaban J connectivity index is 1.99. The molecule has 6 nitrogen and oxygen atoms in total. The van der Waals surface area contributed by atoms with E-state index in [1.807, 2.05) is 4.72 Å². The number of methoxy groups -OCH3 is 1. The molecule has 0 spiro atoms. The summed E-state index contributed by atoms with van der Waals surface area (Å²) in [6.45, 7) is 1.50. The van der Waals surface area contributed by atoms with Crippen LogP contribution in [0.2, 0.25) is 0 Å². The van der Waals surface area contributed by atoms with E-state index in [9.17, 15) is 39.6 Å². The van der Waals surface area contributed by atoms with Crippen LogP contribution in [0, 0.1) is 6.92 Å². The fourth-order valence-corrected chi connectivity index (χ4v) is 4.27. The van der Waals surface area contributed by atoms with Gasteiger partial charge in [-0.1, -0.05) is 18.2 Å². The molecule has 2 N–H and O–H groups in total. The van der Waals surface area contributed by atoms with E-state index < -0.39 is 44.3 Å². The number of hydrogen-bond donors (Lipinski definition) is 2. The summed E-state index contributed by atoms with van der Waals surface area (Å²) >= 11 is 0. The van der Waals surface area contributed by atoms with E-state index >= 15 is 0 Å². The lowest BCUT2D eigenvalue weighted by molar-refractivity contribution is -0.143. The molecule has 0 aliphatic rings. The first kappa shape index (κ1) is 26.9. The van der Waals surface area contributed by atoms with Crippen molar-refractivity contribution in [3.05, 3.63) is 82.9 Å². The van der Waals surface area contributed by atoms with Gasteiger partial charge in [0.25, 0.3) is 15.9 Å². The first-order valence-corrected chi connectivity index (χ1v) is 11.5. The van der Waals surface area contributed by atoms with Crippen LogP contribution in [0.25, 0.3) is 0 Å². The van der Waals surface area contributed by atoms with Crippen LogP contribution >= 0.6 is 0 Å². The summed E-state index contributed by atoms with van der Waals surface area (Å²) in [4.78, 5) is 11.2. The van der Waals surface area contributed by atoms with Crippen LogP contribution in [0.5, 0.6) is 5.75 Å². The summed E-state index contributed by atoms with van der Waals surface area (Å²) in [5, 5.41) is 2.62. The van der Waals surface area contributed by atoms with Gasteiger partial charge < -0.3 is 10.1 Å². The van der Waals surface area contributed by atoms with Crippen molar-refractivity contribution in [2.75, 3.05) is 17.1 Å². The van der Waals surface area contributed by atoms with Gasteiger partial charge in [-0.15, -0.1) is 0 Å². The van der Waals surface area contributed by atoms with Crippen molar-refractivity contribution >= 4 is 27.3 Å². The molecule has 0 saturated heterocycles. The lowest BCUT2D eigenvalue weighted by Crippen LogP contribution is -2.18. The molecule has 36 heavy (non-hydrogen) atoms. The summed E-state index contributed by atoms with van der Waals surface area (Å²) < 4.78 is 112. The molecule has 0 unspecified atom stereocenters. The Kier molecular flexibility index (Phi) is 7.25. The van der Waals surface area contributed by atoms with Gasteiger partial charge in [-0.2, -0.15) is 26.3 Å². The molecule has 0 radical (unpaired) electrons. The van der Waals surface area contributed by atoms with Crippen molar-refractivity contribution in [1.82, 2.24) is 0 Å². The second-order valence-corrected chi connectivity index (χ2v) is 9.22. The van der Waals surface area contributed by atoms with Crippen LogP contribution in [0.4, 0.5) is 37.7 Å². The van der Waals surface area contributed by atoms with E-state index in [0.717, 1.165) is 7.11 Å². The third kappa shape index (κ3) is 6.08. The Morgan fingerprint density at radius 2 is 1.39 bits per heavy atom. The third-order valence-corrected chi connectivity index (χ3v) is 6.29. The molecule has 1 amide bonds. The molecule has 0 bridgehead atoms. The number of rotatable bonds is 6. The first-order valence-electron chi connectivity index (χ1n) is 9.99. The zero-order valence-electron chi connectivity index (χ0n) is 18.6. The minimum absolute atomic E-state index is 0.103. The molecular formula is C23H18F6N2O4S. The Labute approximate surface area is 201 Å². The zero-order chi connectivity index (χ0) is 26.9. The SMILES string of the molecule is COc1cc(NC(=O)c2ccccc2)c(C)cc1NS(=O)(=O)c1cc(C(F)(F)F)cc(C(F)(F)F)c1. The number of nitrogens with one attached hydrogen (secondary N) is 2. The molecule has 0 saturated carbocycles. The largest absolute Gasteiger partial charge is 0.494 e. The molecule has 3 aromatic carbocycles. The second kappa shape index (κ2) is 9.72. The maximum atomic E-state index is 13.2. The molecular weight excluding hydrogens is 514 g/mol. The van der Waals surface area contributed by atoms with Crippen LogP contribution in [-0.2, 0) is 22.4 Å². The predicted octanol–water partition coefficient (Wildman–Crippen LogP) is 6.09. The number of aryl methyl sites for hydroxylation is 1. The normalized spacial score (nSPS) is 12.2. The van der Waals surface area contributed by atoms with Crippen molar-refractivity contribution in [1.29, 1.82) is 0 Å². The molecule has 0 aromatic heterocycles. The molecule has 0 atom stereocenters. The lowest BCUT2D eigenvalue weighted by Gasteiger charge is -2.18. The summed E-state index contributed by atoms with van der Waals surface area (Å²) in [5.41, 5.74) is -2.91. The molecule has 0 aliphatic heterocycles. The molecule has 0 fully saturated rings. The van der Waals surface area contributed by atoms with Crippen LogP contribution in [0.1, 0.15) is 27.0 Å². The van der Waals surface area contributed by atoms with Crippen molar-refractivity contribution in [2.45, 2.75) is 24.2 Å². The summed E-state index contributed by atoms with van der Waals surface area (Å²) in [7, 11) is -3.76. The van der Waals surface area contributed by atoms with Crippen molar-refractivity contribution in [2.24, 2.45) is 0 Å². The van der Waals surface area contributed by atoms with Crippen molar-refractivity contribution in [3.63, 3.8) is 0 Å². The summed E-state index contributed by atoms with van der Waals surface area (Å²) in [5.74, 6) is -0.617. The van der Waals surface area contributed by atoms with Crippen molar-refractivity contribution < 1.29 is 44.3 Å². The predicted molar refractivity (Wildman–Crippen MR) is 119 cm³/mol. The maximum absolute atomic E-state index is 13.2. The molecule has 3 aromatic rings. The molecule has 13 heteroatoms. The van der Waals surface area contributed by atoms with Gasteiger partial charge in [0, 0.05) is 17.3 Å². The van der Waals surface area contributed by atoms with E-state index in [2.05, 4.69) is 5.32 Å². The molecule has 0 aliphatic carbocycles.